The summed E-state index contributed by atoms with van der Waals surface area (Å²) in [5.74, 6) is -1.00. The lowest BCUT2D eigenvalue weighted by Crippen LogP contribution is -2.46. The predicted molar refractivity (Wildman–Crippen MR) is 98.7 cm³/mol. The molecule has 1 aliphatic heterocycles. The number of amides is 1. The third kappa shape index (κ3) is 8.06. The molecule has 1 heterocycles. The smallest absolute Gasteiger partial charge is 0.387 e. The van der Waals surface area contributed by atoms with Crippen molar-refractivity contribution in [3.05, 3.63) is 24.3 Å². The zero-order chi connectivity index (χ0) is 19.1. The number of carboxylic acids is 1. The standard InChI is InChI=1S/C17H23F2N3O4.ClH/c1-21(11-16(24)25)13-6-8-22(9-7-13)10-15(23)20-12-2-4-14(5-3-12)26-17(18)19;/h2-5,13,17H,6-11H2,1H3,(H,20,23)(H,24,25);1H. The number of carbonyl (C=O) groups is 2. The molecule has 7 nitrogen and oxygen atoms in total. The summed E-state index contributed by atoms with van der Waals surface area (Å²) in [4.78, 5) is 26.7. The molecule has 10 heteroatoms. The molecular formula is C17H24ClF2N3O4. The van der Waals surface area contributed by atoms with Crippen LogP contribution < -0.4 is 10.1 Å². The predicted octanol–water partition coefficient (Wildman–Crippen LogP) is 2.13. The monoisotopic (exact) mass is 407 g/mol. The molecule has 2 rings (SSSR count). The number of carboxylic acid groups (broad SMARTS) is 1. The molecule has 2 N–H and O–H groups in total. The second-order valence-corrected chi connectivity index (χ2v) is 6.27. The number of ether oxygens (including phenoxy) is 1. The second kappa shape index (κ2) is 11.0. The minimum Gasteiger partial charge on any atom is -0.480 e. The van der Waals surface area contributed by atoms with Crippen molar-refractivity contribution in [3.63, 3.8) is 0 Å². The Morgan fingerprint density at radius 1 is 1.30 bits per heavy atom. The zero-order valence-corrected chi connectivity index (χ0v) is 15.8. The molecule has 0 unspecified atom stereocenters. The van der Waals surface area contributed by atoms with Gasteiger partial charge in [0, 0.05) is 24.8 Å². The van der Waals surface area contributed by atoms with Crippen LogP contribution >= 0.6 is 12.4 Å². The van der Waals surface area contributed by atoms with Crippen LogP contribution in [0.1, 0.15) is 12.8 Å². The number of aliphatic carboxylic acids is 1. The highest BCUT2D eigenvalue weighted by atomic mass is 35.5. The number of rotatable bonds is 8. The second-order valence-electron chi connectivity index (χ2n) is 6.27. The van der Waals surface area contributed by atoms with E-state index in [1.807, 2.05) is 9.80 Å². The Labute approximate surface area is 162 Å². The number of benzene rings is 1. The average molecular weight is 408 g/mol. The minimum absolute atomic E-state index is 0. The van der Waals surface area contributed by atoms with Gasteiger partial charge >= 0.3 is 12.6 Å². The number of carbonyl (C=O) groups excluding carboxylic acids is 1. The fourth-order valence-corrected chi connectivity index (χ4v) is 2.98. The molecule has 27 heavy (non-hydrogen) atoms. The number of alkyl halides is 2. The van der Waals surface area contributed by atoms with E-state index in [0.717, 1.165) is 12.8 Å². The summed E-state index contributed by atoms with van der Waals surface area (Å²) in [5, 5.41) is 11.6. The summed E-state index contributed by atoms with van der Waals surface area (Å²) in [6.07, 6.45) is 1.60. The number of anilines is 1. The van der Waals surface area contributed by atoms with Crippen molar-refractivity contribution >= 4 is 30.0 Å². The summed E-state index contributed by atoms with van der Waals surface area (Å²) in [7, 11) is 1.79. The number of likely N-dealkylation sites (N-methyl/N-ethyl adjacent to an activating group) is 1. The third-order valence-corrected chi connectivity index (χ3v) is 4.30. The molecule has 0 aliphatic carbocycles. The van der Waals surface area contributed by atoms with Gasteiger partial charge in [0.15, 0.2) is 0 Å². The van der Waals surface area contributed by atoms with Crippen LogP contribution in [0.3, 0.4) is 0 Å². The van der Waals surface area contributed by atoms with E-state index in [1.165, 1.54) is 24.3 Å². The van der Waals surface area contributed by atoms with Crippen molar-refractivity contribution in [1.82, 2.24) is 9.80 Å². The molecule has 0 bridgehead atoms. The number of nitrogens with one attached hydrogen (secondary N) is 1. The van der Waals surface area contributed by atoms with Gasteiger partial charge in [-0.1, -0.05) is 0 Å². The molecule has 0 radical (unpaired) electrons. The number of halogens is 3. The van der Waals surface area contributed by atoms with Gasteiger partial charge in [-0.05, 0) is 44.2 Å². The van der Waals surface area contributed by atoms with Crippen molar-refractivity contribution in [2.75, 3.05) is 38.5 Å². The van der Waals surface area contributed by atoms with Gasteiger partial charge in [0.05, 0.1) is 13.1 Å². The van der Waals surface area contributed by atoms with Crippen LogP contribution in [-0.4, -0.2) is 72.7 Å². The highest BCUT2D eigenvalue weighted by molar-refractivity contribution is 5.92. The van der Waals surface area contributed by atoms with E-state index in [2.05, 4.69) is 10.1 Å². The number of hydrogen-bond donors (Lipinski definition) is 2. The Hall–Kier alpha value is -1.97. The number of piperidine rings is 1. The summed E-state index contributed by atoms with van der Waals surface area (Å²) >= 11 is 0. The normalized spacial score (nSPS) is 15.4. The van der Waals surface area contributed by atoms with Gasteiger partial charge in [-0.25, -0.2) is 0 Å². The molecule has 1 aromatic carbocycles. The topological polar surface area (TPSA) is 82.1 Å². The van der Waals surface area contributed by atoms with Crippen molar-refractivity contribution in [1.29, 1.82) is 0 Å². The Morgan fingerprint density at radius 3 is 2.41 bits per heavy atom. The van der Waals surface area contributed by atoms with Crippen molar-refractivity contribution in [3.8, 4) is 5.75 Å². The summed E-state index contributed by atoms with van der Waals surface area (Å²) in [6.45, 7) is -1.22. The largest absolute Gasteiger partial charge is 0.480 e. The van der Waals surface area contributed by atoms with E-state index in [4.69, 9.17) is 5.11 Å². The van der Waals surface area contributed by atoms with Crippen LogP contribution in [0.5, 0.6) is 5.75 Å². The summed E-state index contributed by atoms with van der Waals surface area (Å²) in [6, 6.07) is 5.94. The first-order valence-electron chi connectivity index (χ1n) is 8.32. The number of likely N-dealkylation sites (tertiary alicyclic amines) is 1. The van der Waals surface area contributed by atoms with E-state index >= 15 is 0 Å². The molecule has 1 fully saturated rings. The Bertz CT molecular complexity index is 611. The molecule has 0 saturated carbocycles. The molecule has 0 aromatic heterocycles. The summed E-state index contributed by atoms with van der Waals surface area (Å²) < 4.78 is 28.5. The highest BCUT2D eigenvalue weighted by Gasteiger charge is 2.24. The maximum Gasteiger partial charge on any atom is 0.387 e. The van der Waals surface area contributed by atoms with E-state index in [-0.39, 0.29) is 43.2 Å². The van der Waals surface area contributed by atoms with Crippen LogP contribution in [0.2, 0.25) is 0 Å². The molecule has 0 atom stereocenters. The van der Waals surface area contributed by atoms with E-state index in [1.54, 1.807) is 7.05 Å². The number of nitrogens with zero attached hydrogens (tertiary/aromatic N) is 2. The van der Waals surface area contributed by atoms with Crippen LogP contribution in [0.15, 0.2) is 24.3 Å². The molecule has 1 aliphatic rings. The summed E-state index contributed by atoms with van der Waals surface area (Å²) in [5.41, 5.74) is 0.507. The fourth-order valence-electron chi connectivity index (χ4n) is 2.98. The van der Waals surface area contributed by atoms with Gasteiger partial charge in [0.2, 0.25) is 5.91 Å². The van der Waals surface area contributed by atoms with Gasteiger partial charge in [-0.2, -0.15) is 8.78 Å². The molecule has 1 amide bonds. The lowest BCUT2D eigenvalue weighted by molar-refractivity contribution is -0.138. The maximum atomic E-state index is 12.1. The van der Waals surface area contributed by atoms with E-state index < -0.39 is 12.6 Å². The zero-order valence-electron chi connectivity index (χ0n) is 14.9. The SMILES string of the molecule is CN(CC(=O)O)C1CCN(CC(=O)Nc2ccc(OC(F)F)cc2)CC1.Cl. The van der Waals surface area contributed by atoms with Crippen LogP contribution in [0.4, 0.5) is 14.5 Å². The lowest BCUT2D eigenvalue weighted by atomic mass is 10.0. The third-order valence-electron chi connectivity index (χ3n) is 4.30. The lowest BCUT2D eigenvalue weighted by Gasteiger charge is -2.35. The van der Waals surface area contributed by atoms with Crippen LogP contribution in [0, 0.1) is 0 Å². The van der Waals surface area contributed by atoms with Crippen molar-refractivity contribution in [2.24, 2.45) is 0 Å². The van der Waals surface area contributed by atoms with Crippen molar-refractivity contribution < 1.29 is 28.2 Å². The van der Waals surface area contributed by atoms with Gasteiger partial charge in [-0.15, -0.1) is 12.4 Å². The maximum absolute atomic E-state index is 12.1. The average Bonchev–Trinajstić information content (AvgIpc) is 2.56. The first kappa shape index (κ1) is 23.1. The van der Waals surface area contributed by atoms with Crippen LogP contribution in [0.25, 0.3) is 0 Å². The van der Waals surface area contributed by atoms with E-state index in [0.29, 0.717) is 18.8 Å². The first-order chi connectivity index (χ1) is 12.3. The Morgan fingerprint density at radius 2 is 1.89 bits per heavy atom. The van der Waals surface area contributed by atoms with Gasteiger partial charge in [-0.3, -0.25) is 19.4 Å². The molecule has 1 saturated heterocycles. The molecule has 1 aromatic rings. The van der Waals surface area contributed by atoms with Crippen molar-refractivity contribution in [2.45, 2.75) is 25.5 Å². The van der Waals surface area contributed by atoms with E-state index in [9.17, 15) is 18.4 Å². The first-order valence-corrected chi connectivity index (χ1v) is 8.32. The van der Waals surface area contributed by atoms with Crippen LogP contribution in [-0.2, 0) is 9.59 Å². The molecular weight excluding hydrogens is 384 g/mol. The van der Waals surface area contributed by atoms with Gasteiger partial charge < -0.3 is 15.2 Å². The fraction of sp³-hybridized carbons (Fsp3) is 0.529. The molecule has 152 valence electrons. The quantitative estimate of drug-likeness (QED) is 0.687. The number of hydrogen-bond acceptors (Lipinski definition) is 5. The molecule has 0 spiro atoms. The van der Waals surface area contributed by atoms with Gasteiger partial charge in [0.25, 0.3) is 0 Å². The Balaban J connectivity index is 0.00000364. The van der Waals surface area contributed by atoms with Gasteiger partial charge in [0.1, 0.15) is 5.75 Å². The highest BCUT2D eigenvalue weighted by Crippen LogP contribution is 2.18. The Kier molecular flexibility index (Phi) is 9.40. The minimum atomic E-state index is -2.88.